The zero-order chi connectivity index (χ0) is 21.1. The van der Waals surface area contributed by atoms with Crippen molar-refractivity contribution in [3.8, 4) is 0 Å². The number of piperidine rings is 1. The number of alkyl halides is 2. The fourth-order valence-corrected chi connectivity index (χ4v) is 4.20. The van der Waals surface area contributed by atoms with Crippen LogP contribution in [0.3, 0.4) is 0 Å². The summed E-state index contributed by atoms with van der Waals surface area (Å²) in [7, 11) is 3.76. The monoisotopic (exact) mass is 421 g/mol. The summed E-state index contributed by atoms with van der Waals surface area (Å²) in [6.45, 7) is 5.24. The molecule has 0 unspecified atom stereocenters. The molecular weight excluding hydrogens is 392 g/mol. The standard InChI is InChI=1S/C20H29F2N7O/c1-26-13-15(18(25-26)19(21)22)14-28-7-4-16(5-8-28)27(2)17-3-6-23-20(24-17)29-9-11-30-12-10-29/h3,6,13,16,19H,4-5,7-12,14H2,1-2H3. The molecule has 0 aliphatic carbocycles. The van der Waals surface area contributed by atoms with Crippen molar-refractivity contribution in [3.63, 3.8) is 0 Å². The lowest BCUT2D eigenvalue weighted by molar-refractivity contribution is 0.122. The van der Waals surface area contributed by atoms with Gasteiger partial charge >= 0.3 is 0 Å². The normalized spacial score (nSPS) is 18.9. The summed E-state index contributed by atoms with van der Waals surface area (Å²) < 4.78 is 33.3. The predicted octanol–water partition coefficient (Wildman–Crippen LogP) is 2.09. The molecule has 2 aliphatic rings. The van der Waals surface area contributed by atoms with Crippen LogP contribution in [0.5, 0.6) is 0 Å². The van der Waals surface area contributed by atoms with Crippen LogP contribution < -0.4 is 9.80 Å². The summed E-state index contributed by atoms with van der Waals surface area (Å²) in [4.78, 5) is 15.8. The van der Waals surface area contributed by atoms with E-state index in [4.69, 9.17) is 9.72 Å². The predicted molar refractivity (Wildman–Crippen MR) is 110 cm³/mol. The van der Waals surface area contributed by atoms with Gasteiger partial charge in [0.2, 0.25) is 5.95 Å². The molecule has 2 aromatic rings. The first-order chi connectivity index (χ1) is 14.5. The highest BCUT2D eigenvalue weighted by Gasteiger charge is 2.26. The van der Waals surface area contributed by atoms with Crippen molar-refractivity contribution in [2.75, 3.05) is 56.2 Å². The van der Waals surface area contributed by atoms with E-state index in [0.717, 1.165) is 50.8 Å². The molecule has 4 heterocycles. The van der Waals surface area contributed by atoms with Crippen molar-refractivity contribution in [2.45, 2.75) is 31.9 Å². The molecule has 2 aromatic heterocycles. The third-order valence-electron chi connectivity index (χ3n) is 5.93. The zero-order valence-electron chi connectivity index (χ0n) is 17.5. The van der Waals surface area contributed by atoms with Crippen LogP contribution in [0.25, 0.3) is 0 Å². The fourth-order valence-electron chi connectivity index (χ4n) is 4.20. The molecule has 0 radical (unpaired) electrons. The van der Waals surface area contributed by atoms with Crippen LogP contribution in [0.4, 0.5) is 20.5 Å². The van der Waals surface area contributed by atoms with Gasteiger partial charge in [-0.1, -0.05) is 0 Å². The van der Waals surface area contributed by atoms with E-state index in [9.17, 15) is 8.78 Å². The largest absolute Gasteiger partial charge is 0.378 e. The molecule has 4 rings (SSSR count). The number of rotatable bonds is 6. The maximum Gasteiger partial charge on any atom is 0.282 e. The molecule has 0 N–H and O–H groups in total. The first kappa shape index (κ1) is 20.9. The summed E-state index contributed by atoms with van der Waals surface area (Å²) in [5, 5.41) is 3.91. The molecule has 0 atom stereocenters. The highest BCUT2D eigenvalue weighted by molar-refractivity contribution is 5.44. The Balaban J connectivity index is 1.35. The Hall–Kier alpha value is -2.33. The van der Waals surface area contributed by atoms with Gasteiger partial charge in [-0.15, -0.1) is 0 Å². The van der Waals surface area contributed by atoms with Gasteiger partial charge in [-0.2, -0.15) is 10.1 Å². The van der Waals surface area contributed by atoms with Crippen molar-refractivity contribution in [1.29, 1.82) is 0 Å². The number of likely N-dealkylation sites (tertiary alicyclic amines) is 1. The van der Waals surface area contributed by atoms with Gasteiger partial charge in [0.15, 0.2) is 0 Å². The molecule has 0 saturated carbocycles. The molecule has 2 aliphatic heterocycles. The Kier molecular flexibility index (Phi) is 6.43. The van der Waals surface area contributed by atoms with Gasteiger partial charge in [0.1, 0.15) is 11.5 Å². The molecule has 164 valence electrons. The van der Waals surface area contributed by atoms with Gasteiger partial charge in [-0.05, 0) is 18.9 Å². The number of aromatic nitrogens is 4. The molecule has 0 spiro atoms. The topological polar surface area (TPSA) is 62.6 Å². The zero-order valence-corrected chi connectivity index (χ0v) is 17.5. The summed E-state index contributed by atoms with van der Waals surface area (Å²) in [5.41, 5.74) is 0.513. The number of morpholine rings is 1. The van der Waals surface area contributed by atoms with Crippen LogP contribution in [0, 0.1) is 0 Å². The van der Waals surface area contributed by atoms with Crippen LogP contribution in [-0.4, -0.2) is 77.1 Å². The second-order valence-corrected chi connectivity index (χ2v) is 7.95. The lowest BCUT2D eigenvalue weighted by atomic mass is 10.0. The van der Waals surface area contributed by atoms with Crippen molar-refractivity contribution >= 4 is 11.8 Å². The first-order valence-corrected chi connectivity index (χ1v) is 10.4. The fraction of sp³-hybridized carbons (Fsp3) is 0.650. The van der Waals surface area contributed by atoms with E-state index in [1.54, 1.807) is 13.2 Å². The quantitative estimate of drug-likeness (QED) is 0.708. The average molecular weight is 421 g/mol. The first-order valence-electron chi connectivity index (χ1n) is 10.4. The smallest absolute Gasteiger partial charge is 0.282 e. The summed E-state index contributed by atoms with van der Waals surface area (Å²) in [6, 6.07) is 2.30. The van der Waals surface area contributed by atoms with E-state index >= 15 is 0 Å². The molecule has 2 fully saturated rings. The highest BCUT2D eigenvalue weighted by Crippen LogP contribution is 2.26. The van der Waals surface area contributed by atoms with E-state index in [1.807, 2.05) is 12.3 Å². The van der Waals surface area contributed by atoms with Gasteiger partial charge in [-0.25, -0.2) is 13.8 Å². The van der Waals surface area contributed by atoms with Crippen LogP contribution in [-0.2, 0) is 18.3 Å². The number of ether oxygens (including phenoxy) is 1. The van der Waals surface area contributed by atoms with Crippen LogP contribution in [0.1, 0.15) is 30.5 Å². The van der Waals surface area contributed by atoms with Gasteiger partial charge in [0, 0.05) is 70.8 Å². The molecule has 0 amide bonds. The van der Waals surface area contributed by atoms with Crippen molar-refractivity contribution in [3.05, 3.63) is 29.7 Å². The van der Waals surface area contributed by atoms with Crippen LogP contribution in [0.2, 0.25) is 0 Å². The van der Waals surface area contributed by atoms with E-state index in [-0.39, 0.29) is 5.69 Å². The minimum Gasteiger partial charge on any atom is -0.378 e. The molecule has 30 heavy (non-hydrogen) atoms. The Morgan fingerprint density at radius 1 is 1.20 bits per heavy atom. The third-order valence-corrected chi connectivity index (χ3v) is 5.93. The Labute approximate surface area is 175 Å². The second-order valence-electron chi connectivity index (χ2n) is 7.95. The maximum absolute atomic E-state index is 13.2. The average Bonchev–Trinajstić information content (AvgIpc) is 3.15. The summed E-state index contributed by atoms with van der Waals surface area (Å²) in [5.74, 6) is 1.66. The van der Waals surface area contributed by atoms with Gasteiger partial charge < -0.3 is 14.5 Å². The molecule has 8 nitrogen and oxygen atoms in total. The lowest BCUT2D eigenvalue weighted by Crippen LogP contribution is -2.43. The number of aryl methyl sites for hydroxylation is 1. The number of halogens is 2. The summed E-state index contributed by atoms with van der Waals surface area (Å²) in [6.07, 6.45) is 2.89. The number of anilines is 2. The van der Waals surface area contributed by atoms with Gasteiger partial charge in [-0.3, -0.25) is 9.58 Å². The van der Waals surface area contributed by atoms with E-state index < -0.39 is 6.43 Å². The summed E-state index contributed by atoms with van der Waals surface area (Å²) >= 11 is 0. The highest BCUT2D eigenvalue weighted by atomic mass is 19.3. The number of nitrogens with zero attached hydrogens (tertiary/aromatic N) is 7. The lowest BCUT2D eigenvalue weighted by Gasteiger charge is -2.37. The van der Waals surface area contributed by atoms with Crippen molar-refractivity contribution < 1.29 is 13.5 Å². The number of hydrogen-bond acceptors (Lipinski definition) is 7. The van der Waals surface area contributed by atoms with Crippen LogP contribution >= 0.6 is 0 Å². The molecule has 2 saturated heterocycles. The maximum atomic E-state index is 13.2. The van der Waals surface area contributed by atoms with Gasteiger partial charge in [0.05, 0.1) is 13.2 Å². The molecular formula is C20H29F2N7O. The SMILES string of the molecule is CN(c1ccnc(N2CCOCC2)n1)C1CCN(Cc2cn(C)nc2C(F)F)CC1. The van der Waals surface area contributed by atoms with E-state index in [0.29, 0.717) is 31.4 Å². The Morgan fingerprint density at radius 3 is 2.63 bits per heavy atom. The molecule has 10 heteroatoms. The third kappa shape index (κ3) is 4.70. The molecule has 0 aromatic carbocycles. The van der Waals surface area contributed by atoms with E-state index in [1.165, 1.54) is 4.68 Å². The minimum absolute atomic E-state index is 0.103. The second kappa shape index (κ2) is 9.22. The van der Waals surface area contributed by atoms with Crippen molar-refractivity contribution in [2.24, 2.45) is 7.05 Å². The Bertz CT molecular complexity index is 832. The van der Waals surface area contributed by atoms with Crippen LogP contribution in [0.15, 0.2) is 18.5 Å². The van der Waals surface area contributed by atoms with Gasteiger partial charge in [0.25, 0.3) is 6.43 Å². The minimum atomic E-state index is -2.54. The molecule has 0 bridgehead atoms. The Morgan fingerprint density at radius 2 is 1.93 bits per heavy atom. The van der Waals surface area contributed by atoms with Crippen molar-refractivity contribution in [1.82, 2.24) is 24.6 Å². The number of hydrogen-bond donors (Lipinski definition) is 0. The van der Waals surface area contributed by atoms with E-state index in [2.05, 4.69) is 31.8 Å².